The molecule has 1 aliphatic carbocycles. The summed E-state index contributed by atoms with van der Waals surface area (Å²) in [5, 5.41) is 13.0. The molecule has 24 heavy (non-hydrogen) atoms. The molecule has 7 nitrogen and oxygen atoms in total. The molecule has 1 saturated carbocycles. The summed E-state index contributed by atoms with van der Waals surface area (Å²) in [4.78, 5) is 27.3. The molecule has 2 aliphatic rings. The first kappa shape index (κ1) is 17.0. The Morgan fingerprint density at radius 2 is 2.12 bits per heavy atom. The van der Waals surface area contributed by atoms with E-state index in [9.17, 15) is 9.59 Å². The molecule has 1 aromatic rings. The van der Waals surface area contributed by atoms with Gasteiger partial charge in [-0.2, -0.15) is 0 Å². The molecule has 2 heterocycles. The van der Waals surface area contributed by atoms with Crippen LogP contribution >= 0.6 is 0 Å². The van der Waals surface area contributed by atoms with Gasteiger partial charge in [-0.15, -0.1) is 0 Å². The summed E-state index contributed by atoms with van der Waals surface area (Å²) in [6, 6.07) is 1.80. The molecule has 132 valence electrons. The van der Waals surface area contributed by atoms with E-state index in [1.54, 1.807) is 18.0 Å². The Labute approximate surface area is 141 Å². The van der Waals surface area contributed by atoms with Crippen LogP contribution in [-0.2, 0) is 4.79 Å². The summed E-state index contributed by atoms with van der Waals surface area (Å²) in [7, 11) is 1.67. The third kappa shape index (κ3) is 3.61. The van der Waals surface area contributed by atoms with Crippen molar-refractivity contribution in [2.75, 3.05) is 33.3 Å². The molecular weight excluding hydrogens is 310 g/mol. The lowest BCUT2D eigenvalue weighted by Crippen LogP contribution is -2.35. The summed E-state index contributed by atoms with van der Waals surface area (Å²) < 4.78 is 5.28. The third-order valence-corrected chi connectivity index (χ3v) is 5.18. The fourth-order valence-electron chi connectivity index (χ4n) is 3.74. The number of aromatic nitrogens is 1. The number of hydrogen-bond acceptors (Lipinski definition) is 5. The van der Waals surface area contributed by atoms with Gasteiger partial charge in [0.25, 0.3) is 5.91 Å². The van der Waals surface area contributed by atoms with Gasteiger partial charge in [-0.25, -0.2) is 0 Å². The van der Waals surface area contributed by atoms with Gasteiger partial charge in [-0.3, -0.25) is 9.59 Å². The summed E-state index contributed by atoms with van der Waals surface area (Å²) >= 11 is 0. The molecule has 1 unspecified atom stereocenters. The van der Waals surface area contributed by atoms with Crippen LogP contribution in [0.25, 0.3) is 0 Å². The average molecular weight is 335 g/mol. The average Bonchev–Trinajstić information content (AvgIpc) is 3.32. The van der Waals surface area contributed by atoms with E-state index in [0.29, 0.717) is 31.3 Å². The second-order valence-corrected chi connectivity index (χ2v) is 6.94. The number of likely N-dealkylation sites (N-methyl/N-ethyl adjacent to an activating group) is 1. The van der Waals surface area contributed by atoms with Crippen molar-refractivity contribution in [2.45, 2.75) is 38.0 Å². The Hall–Kier alpha value is -1.89. The molecule has 7 heteroatoms. The number of amides is 2. The van der Waals surface area contributed by atoms with Crippen molar-refractivity contribution in [3.8, 4) is 0 Å². The number of aliphatic hydroxyl groups excluding tert-OH is 1. The number of nitrogens with zero attached hydrogens (tertiary/aromatic N) is 3. The maximum Gasteiger partial charge on any atom is 0.292 e. The van der Waals surface area contributed by atoms with E-state index in [4.69, 9.17) is 9.63 Å². The van der Waals surface area contributed by atoms with Crippen LogP contribution in [0, 0.1) is 5.92 Å². The maximum absolute atomic E-state index is 12.6. The van der Waals surface area contributed by atoms with Crippen molar-refractivity contribution < 1.29 is 19.2 Å². The second-order valence-electron chi connectivity index (χ2n) is 6.94. The third-order valence-electron chi connectivity index (χ3n) is 5.18. The fraction of sp³-hybridized carbons (Fsp3) is 0.706. The van der Waals surface area contributed by atoms with E-state index < -0.39 is 6.61 Å². The zero-order valence-electron chi connectivity index (χ0n) is 14.1. The molecule has 0 spiro atoms. The van der Waals surface area contributed by atoms with Gasteiger partial charge in [0, 0.05) is 38.7 Å². The molecule has 2 fully saturated rings. The normalized spacial score (nSPS) is 21.4. The van der Waals surface area contributed by atoms with Crippen molar-refractivity contribution >= 4 is 11.8 Å². The first-order valence-electron chi connectivity index (χ1n) is 8.69. The Morgan fingerprint density at radius 3 is 2.83 bits per heavy atom. The molecular formula is C17H25N3O4. The number of likely N-dealkylation sites (tertiary alicyclic amines) is 1. The fourth-order valence-corrected chi connectivity index (χ4v) is 3.74. The predicted octanol–water partition coefficient (Wildman–Crippen LogP) is 1.25. The molecule has 1 N–H and O–H groups in total. The molecule has 3 rings (SSSR count). The Morgan fingerprint density at radius 1 is 1.38 bits per heavy atom. The van der Waals surface area contributed by atoms with Crippen LogP contribution in [0.4, 0.5) is 0 Å². The van der Waals surface area contributed by atoms with Gasteiger partial charge >= 0.3 is 0 Å². The van der Waals surface area contributed by atoms with Gasteiger partial charge < -0.3 is 19.4 Å². The molecule has 1 aliphatic heterocycles. The van der Waals surface area contributed by atoms with Crippen LogP contribution in [0.5, 0.6) is 0 Å². The molecule has 1 saturated heterocycles. The number of carbonyl (C=O) groups is 2. The summed E-state index contributed by atoms with van der Waals surface area (Å²) in [5.41, 5.74) is 0.903. The largest absolute Gasteiger partial charge is 0.387 e. The lowest BCUT2D eigenvalue weighted by Gasteiger charge is -2.20. The zero-order valence-corrected chi connectivity index (χ0v) is 14.1. The van der Waals surface area contributed by atoms with Crippen molar-refractivity contribution in [3.63, 3.8) is 0 Å². The summed E-state index contributed by atoms with van der Waals surface area (Å²) in [6.07, 6.45) is 5.52. The van der Waals surface area contributed by atoms with Gasteiger partial charge in [0.05, 0.1) is 5.69 Å². The lowest BCUT2D eigenvalue weighted by atomic mass is 10.0. The molecule has 1 atom stereocenters. The predicted molar refractivity (Wildman–Crippen MR) is 86.4 cm³/mol. The maximum atomic E-state index is 12.6. The van der Waals surface area contributed by atoms with Gasteiger partial charge in [0.1, 0.15) is 6.61 Å². The number of rotatable bonds is 5. The highest BCUT2D eigenvalue weighted by Gasteiger charge is 2.31. The van der Waals surface area contributed by atoms with Crippen LogP contribution in [0.3, 0.4) is 0 Å². The van der Waals surface area contributed by atoms with Crippen LogP contribution < -0.4 is 0 Å². The Balaban J connectivity index is 1.55. The highest BCUT2D eigenvalue weighted by Crippen LogP contribution is 2.33. The van der Waals surface area contributed by atoms with E-state index in [2.05, 4.69) is 5.16 Å². The summed E-state index contributed by atoms with van der Waals surface area (Å²) in [5.74, 6) is 0.561. The van der Waals surface area contributed by atoms with Crippen LogP contribution in [0.1, 0.15) is 54.3 Å². The minimum absolute atomic E-state index is 0.120. The van der Waals surface area contributed by atoms with E-state index in [-0.39, 0.29) is 17.7 Å². The second kappa shape index (κ2) is 7.34. The first-order valence-corrected chi connectivity index (χ1v) is 8.69. The molecule has 0 bridgehead atoms. The van der Waals surface area contributed by atoms with E-state index in [1.807, 2.05) is 0 Å². The standard InChI is InChI=1S/C17H25N3O4/c1-19(16(22)11-21)9-12-6-7-20(10-12)17(23)15-8-14(18-24-15)13-4-2-3-5-13/h8,12-13,21H,2-7,9-11H2,1H3. The van der Waals surface area contributed by atoms with Crippen LogP contribution in [0.15, 0.2) is 10.6 Å². The Kier molecular flexibility index (Phi) is 5.18. The monoisotopic (exact) mass is 335 g/mol. The van der Waals surface area contributed by atoms with Crippen LogP contribution in [-0.4, -0.2) is 65.2 Å². The first-order chi connectivity index (χ1) is 11.6. The van der Waals surface area contributed by atoms with Crippen molar-refractivity contribution in [1.29, 1.82) is 0 Å². The highest BCUT2D eigenvalue weighted by molar-refractivity contribution is 5.91. The molecule has 1 aromatic heterocycles. The van der Waals surface area contributed by atoms with Gasteiger partial charge in [0.2, 0.25) is 11.7 Å². The van der Waals surface area contributed by atoms with Crippen molar-refractivity contribution in [1.82, 2.24) is 15.0 Å². The van der Waals surface area contributed by atoms with Crippen molar-refractivity contribution in [3.05, 3.63) is 17.5 Å². The van der Waals surface area contributed by atoms with Gasteiger partial charge in [-0.1, -0.05) is 18.0 Å². The molecule has 0 aromatic carbocycles. The molecule has 0 radical (unpaired) electrons. The minimum atomic E-state index is -0.478. The SMILES string of the molecule is CN(CC1CCN(C(=O)c2cc(C3CCCC3)no2)C1)C(=O)CO. The highest BCUT2D eigenvalue weighted by atomic mass is 16.5. The Bertz CT molecular complexity index is 594. The zero-order chi connectivity index (χ0) is 17.1. The van der Waals surface area contributed by atoms with Gasteiger partial charge in [-0.05, 0) is 25.2 Å². The summed E-state index contributed by atoms with van der Waals surface area (Å²) in [6.45, 7) is 1.33. The van der Waals surface area contributed by atoms with E-state index in [0.717, 1.165) is 25.0 Å². The number of aliphatic hydroxyl groups is 1. The quantitative estimate of drug-likeness (QED) is 0.875. The number of hydrogen-bond donors (Lipinski definition) is 1. The van der Waals surface area contributed by atoms with E-state index >= 15 is 0 Å². The topological polar surface area (TPSA) is 86.9 Å². The van der Waals surface area contributed by atoms with Gasteiger partial charge in [0.15, 0.2) is 0 Å². The minimum Gasteiger partial charge on any atom is -0.387 e. The molecule has 2 amide bonds. The van der Waals surface area contributed by atoms with E-state index in [1.165, 1.54) is 17.7 Å². The van der Waals surface area contributed by atoms with Crippen molar-refractivity contribution in [2.24, 2.45) is 5.92 Å². The lowest BCUT2D eigenvalue weighted by molar-refractivity contribution is -0.133. The smallest absolute Gasteiger partial charge is 0.292 e. The number of carbonyl (C=O) groups excluding carboxylic acids is 2. The van der Waals surface area contributed by atoms with Crippen LogP contribution in [0.2, 0.25) is 0 Å².